The number of aryl methyl sites for hydroxylation is 1. The lowest BCUT2D eigenvalue weighted by Gasteiger charge is -2.28. The molecule has 1 aliphatic heterocycles. The second-order valence-electron chi connectivity index (χ2n) is 6.80. The van der Waals surface area contributed by atoms with Gasteiger partial charge in [0, 0.05) is 5.56 Å². The summed E-state index contributed by atoms with van der Waals surface area (Å²) in [5, 5.41) is 0. The van der Waals surface area contributed by atoms with E-state index in [2.05, 4.69) is 61.6 Å². The van der Waals surface area contributed by atoms with Gasteiger partial charge in [0.15, 0.2) is 0 Å². The molecule has 1 heterocycles. The average Bonchev–Trinajstić information content (AvgIpc) is 2.67. The van der Waals surface area contributed by atoms with Crippen LogP contribution in [0.15, 0.2) is 42.5 Å². The molecule has 0 nitrogen and oxygen atoms in total. The predicted molar refractivity (Wildman–Crippen MR) is 112 cm³/mol. The standard InChI is InChI=1S/C22H27FS2/c1-3-5-6-17-14-24-22(25-15-17)19-10-8-18(9-11-19)20-12-7-16(4-2)13-21(20)23/h7-13,17,22H,3-6,14-15H2,1-2H3. The molecule has 2 aromatic carbocycles. The Morgan fingerprint density at radius 3 is 2.32 bits per heavy atom. The molecule has 3 rings (SSSR count). The van der Waals surface area contributed by atoms with Crippen LogP contribution in [0.2, 0.25) is 0 Å². The van der Waals surface area contributed by atoms with Crippen LogP contribution < -0.4 is 0 Å². The fraction of sp³-hybridized carbons (Fsp3) is 0.455. The van der Waals surface area contributed by atoms with Gasteiger partial charge in [-0.05, 0) is 53.0 Å². The van der Waals surface area contributed by atoms with E-state index in [1.807, 2.05) is 12.1 Å². The fourth-order valence-corrected chi connectivity index (χ4v) is 6.40. The molecule has 0 bridgehead atoms. The number of benzene rings is 2. The topological polar surface area (TPSA) is 0 Å². The summed E-state index contributed by atoms with van der Waals surface area (Å²) < 4.78 is 14.8. The zero-order valence-electron chi connectivity index (χ0n) is 15.1. The molecule has 2 aromatic rings. The smallest absolute Gasteiger partial charge is 0.131 e. The third kappa shape index (κ3) is 4.83. The summed E-state index contributed by atoms with van der Waals surface area (Å²) in [6, 6.07) is 14.1. The normalized spacial score (nSPS) is 20.6. The quantitative estimate of drug-likeness (QED) is 0.519. The van der Waals surface area contributed by atoms with Crippen molar-refractivity contribution in [2.75, 3.05) is 11.5 Å². The lowest BCUT2D eigenvalue weighted by molar-refractivity contribution is 0.562. The molecule has 0 unspecified atom stereocenters. The maximum absolute atomic E-state index is 14.3. The maximum Gasteiger partial charge on any atom is 0.131 e. The van der Waals surface area contributed by atoms with E-state index in [-0.39, 0.29) is 5.82 Å². The van der Waals surface area contributed by atoms with Crippen molar-refractivity contribution in [1.29, 1.82) is 0 Å². The van der Waals surface area contributed by atoms with Gasteiger partial charge in [0.2, 0.25) is 0 Å². The third-order valence-corrected chi connectivity index (χ3v) is 8.16. The fourth-order valence-electron chi connectivity index (χ4n) is 3.23. The SMILES string of the molecule is CCCCC1CSC(c2ccc(-c3ccc(CC)cc3F)cc2)SC1. The van der Waals surface area contributed by atoms with E-state index in [1.54, 1.807) is 6.07 Å². The Morgan fingerprint density at radius 1 is 1.00 bits per heavy atom. The van der Waals surface area contributed by atoms with Crippen molar-refractivity contribution in [3.8, 4) is 11.1 Å². The van der Waals surface area contributed by atoms with E-state index in [0.717, 1.165) is 23.5 Å². The highest BCUT2D eigenvalue weighted by molar-refractivity contribution is 8.16. The minimum Gasteiger partial charge on any atom is -0.206 e. The van der Waals surface area contributed by atoms with Gasteiger partial charge in [0.25, 0.3) is 0 Å². The monoisotopic (exact) mass is 374 g/mol. The third-order valence-electron chi connectivity index (χ3n) is 4.87. The first-order valence-electron chi connectivity index (χ1n) is 9.33. The van der Waals surface area contributed by atoms with E-state index < -0.39 is 0 Å². The molecule has 0 N–H and O–H groups in total. The zero-order valence-corrected chi connectivity index (χ0v) is 16.8. The molecule has 0 aromatic heterocycles. The molecule has 1 fully saturated rings. The van der Waals surface area contributed by atoms with Gasteiger partial charge < -0.3 is 0 Å². The first kappa shape index (κ1) is 18.8. The van der Waals surface area contributed by atoms with Crippen molar-refractivity contribution in [3.05, 3.63) is 59.4 Å². The van der Waals surface area contributed by atoms with Crippen LogP contribution in [0.1, 0.15) is 48.8 Å². The molecule has 0 atom stereocenters. The number of unbranched alkanes of at least 4 members (excludes halogenated alkanes) is 1. The number of thioether (sulfide) groups is 2. The molecule has 0 spiro atoms. The van der Waals surface area contributed by atoms with Crippen molar-refractivity contribution in [3.63, 3.8) is 0 Å². The number of hydrogen-bond donors (Lipinski definition) is 0. The Morgan fingerprint density at radius 2 is 1.72 bits per heavy atom. The van der Waals surface area contributed by atoms with Crippen LogP contribution in [0.25, 0.3) is 11.1 Å². The summed E-state index contributed by atoms with van der Waals surface area (Å²) in [7, 11) is 0. The van der Waals surface area contributed by atoms with Crippen molar-refractivity contribution in [2.45, 2.75) is 44.1 Å². The minimum absolute atomic E-state index is 0.118. The highest BCUT2D eigenvalue weighted by Crippen LogP contribution is 2.46. The minimum atomic E-state index is -0.118. The molecule has 0 amide bonds. The van der Waals surface area contributed by atoms with Gasteiger partial charge in [-0.1, -0.05) is 63.1 Å². The van der Waals surface area contributed by atoms with Crippen LogP contribution in [0, 0.1) is 11.7 Å². The van der Waals surface area contributed by atoms with Crippen molar-refractivity contribution < 1.29 is 4.39 Å². The summed E-state index contributed by atoms with van der Waals surface area (Å²) in [4.78, 5) is 0. The first-order valence-corrected chi connectivity index (χ1v) is 11.4. The molecule has 134 valence electrons. The Bertz CT molecular complexity index is 673. The van der Waals surface area contributed by atoms with Crippen LogP contribution in [0.5, 0.6) is 0 Å². The molecule has 1 saturated heterocycles. The van der Waals surface area contributed by atoms with Crippen LogP contribution in [-0.2, 0) is 6.42 Å². The molecule has 25 heavy (non-hydrogen) atoms. The highest BCUT2D eigenvalue weighted by atomic mass is 32.2. The molecule has 0 saturated carbocycles. The van der Waals surface area contributed by atoms with Crippen LogP contribution >= 0.6 is 23.5 Å². The van der Waals surface area contributed by atoms with Gasteiger partial charge in [0.05, 0.1) is 4.58 Å². The number of rotatable bonds is 6. The number of hydrogen-bond acceptors (Lipinski definition) is 2. The molecule has 0 radical (unpaired) electrons. The Hall–Kier alpha value is -0.930. The van der Waals surface area contributed by atoms with Crippen molar-refractivity contribution >= 4 is 23.5 Å². The summed E-state index contributed by atoms with van der Waals surface area (Å²) in [5.74, 6) is 3.29. The molecular formula is C22H27FS2. The summed E-state index contributed by atoms with van der Waals surface area (Å²) in [6.07, 6.45) is 4.89. The van der Waals surface area contributed by atoms with Crippen LogP contribution in [0.3, 0.4) is 0 Å². The zero-order chi connectivity index (χ0) is 17.6. The number of halogens is 1. The van der Waals surface area contributed by atoms with Gasteiger partial charge in [-0.25, -0.2) is 4.39 Å². The highest BCUT2D eigenvalue weighted by Gasteiger charge is 2.23. The van der Waals surface area contributed by atoms with Crippen molar-refractivity contribution in [1.82, 2.24) is 0 Å². The van der Waals surface area contributed by atoms with E-state index in [4.69, 9.17) is 0 Å². The van der Waals surface area contributed by atoms with Crippen LogP contribution in [0.4, 0.5) is 4.39 Å². The maximum atomic E-state index is 14.3. The van der Waals surface area contributed by atoms with E-state index in [0.29, 0.717) is 10.1 Å². The average molecular weight is 375 g/mol. The lowest BCUT2D eigenvalue weighted by atomic mass is 10.0. The van der Waals surface area contributed by atoms with Crippen molar-refractivity contribution in [2.24, 2.45) is 5.92 Å². The van der Waals surface area contributed by atoms with E-state index in [9.17, 15) is 4.39 Å². The summed E-state index contributed by atoms with van der Waals surface area (Å²) >= 11 is 4.15. The summed E-state index contributed by atoms with van der Waals surface area (Å²) in [5.41, 5.74) is 4.08. The largest absolute Gasteiger partial charge is 0.206 e. The first-order chi connectivity index (χ1) is 12.2. The van der Waals surface area contributed by atoms with Gasteiger partial charge in [-0.15, -0.1) is 23.5 Å². The van der Waals surface area contributed by atoms with Crippen LogP contribution in [-0.4, -0.2) is 11.5 Å². The second kappa shape index (κ2) is 9.14. The Labute approximate surface area is 160 Å². The second-order valence-corrected chi connectivity index (χ2v) is 9.37. The molecule has 1 aliphatic rings. The Balaban J connectivity index is 1.65. The van der Waals surface area contributed by atoms with Gasteiger partial charge in [-0.3, -0.25) is 0 Å². The van der Waals surface area contributed by atoms with Gasteiger partial charge >= 0.3 is 0 Å². The molecule has 0 aliphatic carbocycles. The van der Waals surface area contributed by atoms with Gasteiger partial charge in [-0.2, -0.15) is 0 Å². The predicted octanol–water partition coefficient (Wildman–Crippen LogP) is 7.34. The molecule has 3 heteroatoms. The molecular weight excluding hydrogens is 347 g/mol. The lowest BCUT2D eigenvalue weighted by Crippen LogP contribution is -2.14. The van der Waals surface area contributed by atoms with E-state index >= 15 is 0 Å². The Kier molecular flexibility index (Phi) is 6.89. The summed E-state index contributed by atoms with van der Waals surface area (Å²) in [6.45, 7) is 4.32. The van der Waals surface area contributed by atoms with E-state index in [1.165, 1.54) is 36.3 Å². The van der Waals surface area contributed by atoms with Gasteiger partial charge in [0.1, 0.15) is 5.82 Å².